The molecule has 0 aromatic carbocycles. The molecular weight excluding hydrogens is 287 g/mol. The normalized spacial score (nSPS) is 18.3. The molecule has 0 saturated carbocycles. The van der Waals surface area contributed by atoms with Gasteiger partial charge in [-0.3, -0.25) is 4.90 Å². The van der Waals surface area contributed by atoms with Crippen molar-refractivity contribution < 1.29 is 4.52 Å². The number of nitrogens with zero attached hydrogens (tertiary/aromatic N) is 3. The average molecular weight is 311 g/mol. The van der Waals surface area contributed by atoms with Gasteiger partial charge in [0.05, 0.1) is 6.04 Å². The highest BCUT2D eigenvalue weighted by Gasteiger charge is 2.26. The Kier molecular flexibility index (Phi) is 7.29. The molecule has 0 spiro atoms. The predicted molar refractivity (Wildman–Crippen MR) is 80.4 cm³/mol. The van der Waals surface area contributed by atoms with Crippen LogP contribution in [0.15, 0.2) is 4.52 Å². The van der Waals surface area contributed by atoms with E-state index in [1.54, 1.807) is 0 Å². The van der Waals surface area contributed by atoms with E-state index in [-0.39, 0.29) is 36.3 Å². The van der Waals surface area contributed by atoms with E-state index in [1.807, 2.05) is 0 Å². The second-order valence-corrected chi connectivity index (χ2v) is 5.67. The summed E-state index contributed by atoms with van der Waals surface area (Å²) in [6.07, 6.45) is 0. The molecule has 1 aromatic heterocycles. The van der Waals surface area contributed by atoms with Crippen molar-refractivity contribution in [3.05, 3.63) is 11.7 Å². The molecule has 1 fully saturated rings. The lowest BCUT2D eigenvalue weighted by atomic mass is 9.96. The second kappa shape index (κ2) is 7.43. The van der Waals surface area contributed by atoms with Crippen LogP contribution in [0.3, 0.4) is 0 Å². The Morgan fingerprint density at radius 2 is 1.79 bits per heavy atom. The van der Waals surface area contributed by atoms with E-state index in [1.165, 1.54) is 0 Å². The van der Waals surface area contributed by atoms with Crippen molar-refractivity contribution in [3.8, 4) is 0 Å². The van der Waals surface area contributed by atoms with Crippen LogP contribution in [0, 0.1) is 0 Å². The molecule has 1 aliphatic heterocycles. The zero-order valence-electron chi connectivity index (χ0n) is 12.0. The van der Waals surface area contributed by atoms with Gasteiger partial charge in [0.1, 0.15) is 0 Å². The van der Waals surface area contributed by atoms with Crippen molar-refractivity contribution in [2.24, 2.45) is 0 Å². The van der Waals surface area contributed by atoms with Crippen LogP contribution in [0.5, 0.6) is 0 Å². The van der Waals surface area contributed by atoms with Gasteiger partial charge in [0.2, 0.25) is 5.89 Å². The molecule has 0 radical (unpaired) electrons. The summed E-state index contributed by atoms with van der Waals surface area (Å²) in [4.78, 5) is 6.89. The van der Waals surface area contributed by atoms with Crippen molar-refractivity contribution in [2.75, 3.05) is 26.2 Å². The summed E-state index contributed by atoms with van der Waals surface area (Å²) in [6.45, 7) is 12.6. The van der Waals surface area contributed by atoms with Crippen molar-refractivity contribution in [1.29, 1.82) is 0 Å². The highest BCUT2D eigenvalue weighted by atomic mass is 35.5. The van der Waals surface area contributed by atoms with Crippen LogP contribution in [0.4, 0.5) is 0 Å². The summed E-state index contributed by atoms with van der Waals surface area (Å²) in [5.74, 6) is 1.52. The summed E-state index contributed by atoms with van der Waals surface area (Å²) >= 11 is 0. The molecule has 1 aromatic rings. The topological polar surface area (TPSA) is 54.2 Å². The van der Waals surface area contributed by atoms with Gasteiger partial charge >= 0.3 is 0 Å². The molecule has 1 saturated heterocycles. The first kappa shape index (κ1) is 18.6. The minimum Gasteiger partial charge on any atom is -0.338 e. The first-order chi connectivity index (χ1) is 7.98. The highest BCUT2D eigenvalue weighted by Crippen LogP contribution is 2.23. The lowest BCUT2D eigenvalue weighted by Gasteiger charge is -2.30. The van der Waals surface area contributed by atoms with E-state index >= 15 is 0 Å². The predicted octanol–water partition coefficient (Wildman–Crippen LogP) is 2.18. The number of nitrogens with one attached hydrogen (secondary N) is 1. The molecule has 0 bridgehead atoms. The first-order valence-corrected chi connectivity index (χ1v) is 6.27. The minimum atomic E-state index is -0.0507. The van der Waals surface area contributed by atoms with Crippen LogP contribution >= 0.6 is 24.8 Å². The van der Waals surface area contributed by atoms with E-state index in [0.717, 1.165) is 37.9 Å². The molecule has 19 heavy (non-hydrogen) atoms. The molecule has 5 nitrogen and oxygen atoms in total. The molecule has 2 heterocycles. The Labute approximate surface area is 127 Å². The SMILES string of the molecule is CC(c1nc(C(C)(C)C)no1)N1CCNCC1.Cl.Cl. The monoisotopic (exact) mass is 310 g/mol. The largest absolute Gasteiger partial charge is 0.338 e. The molecule has 0 amide bonds. The van der Waals surface area contributed by atoms with Crippen molar-refractivity contribution >= 4 is 24.8 Å². The van der Waals surface area contributed by atoms with Gasteiger partial charge in [-0.2, -0.15) is 4.98 Å². The van der Waals surface area contributed by atoms with Crippen LogP contribution in [0.1, 0.15) is 45.5 Å². The van der Waals surface area contributed by atoms with Gasteiger partial charge in [0.25, 0.3) is 0 Å². The third-order valence-electron chi connectivity index (χ3n) is 3.17. The molecule has 0 aliphatic carbocycles. The maximum Gasteiger partial charge on any atom is 0.243 e. The highest BCUT2D eigenvalue weighted by molar-refractivity contribution is 5.85. The molecule has 7 heteroatoms. The van der Waals surface area contributed by atoms with Crippen LogP contribution in [-0.4, -0.2) is 41.2 Å². The fourth-order valence-corrected chi connectivity index (χ4v) is 1.94. The first-order valence-electron chi connectivity index (χ1n) is 6.27. The van der Waals surface area contributed by atoms with E-state index in [0.29, 0.717) is 0 Å². The van der Waals surface area contributed by atoms with Gasteiger partial charge in [-0.05, 0) is 6.92 Å². The maximum atomic E-state index is 5.38. The van der Waals surface area contributed by atoms with E-state index in [9.17, 15) is 0 Å². The molecule has 1 unspecified atom stereocenters. The molecule has 1 aliphatic rings. The van der Waals surface area contributed by atoms with Gasteiger partial charge in [0, 0.05) is 31.6 Å². The van der Waals surface area contributed by atoms with Crippen LogP contribution in [0.2, 0.25) is 0 Å². The number of piperazine rings is 1. The summed E-state index contributed by atoms with van der Waals surface area (Å²) in [5, 5.41) is 7.42. The molecule has 1 atom stereocenters. The smallest absolute Gasteiger partial charge is 0.243 e. The van der Waals surface area contributed by atoms with Crippen LogP contribution in [-0.2, 0) is 5.41 Å². The van der Waals surface area contributed by atoms with E-state index in [2.05, 4.69) is 48.1 Å². The fourth-order valence-electron chi connectivity index (χ4n) is 1.94. The van der Waals surface area contributed by atoms with E-state index in [4.69, 9.17) is 4.52 Å². The summed E-state index contributed by atoms with van der Waals surface area (Å²) in [5.41, 5.74) is -0.0507. The molecule has 112 valence electrons. The second-order valence-electron chi connectivity index (χ2n) is 5.67. The minimum absolute atomic E-state index is 0. The third kappa shape index (κ3) is 4.60. The fraction of sp³-hybridized carbons (Fsp3) is 0.833. The molecule has 2 rings (SSSR count). The van der Waals surface area contributed by atoms with Gasteiger partial charge in [-0.15, -0.1) is 24.8 Å². The maximum absolute atomic E-state index is 5.38. The zero-order chi connectivity index (χ0) is 12.5. The summed E-state index contributed by atoms with van der Waals surface area (Å²) < 4.78 is 5.38. The lowest BCUT2D eigenvalue weighted by Crippen LogP contribution is -2.44. The van der Waals surface area contributed by atoms with Gasteiger partial charge in [-0.25, -0.2) is 0 Å². The Hall–Kier alpha value is -0.360. The average Bonchev–Trinajstić information content (AvgIpc) is 2.78. The molecular formula is C12H24Cl2N4O. The van der Waals surface area contributed by atoms with Gasteiger partial charge < -0.3 is 9.84 Å². The Balaban J connectivity index is 0.00000162. The quantitative estimate of drug-likeness (QED) is 0.907. The van der Waals surface area contributed by atoms with Crippen LogP contribution in [0.25, 0.3) is 0 Å². The summed E-state index contributed by atoms with van der Waals surface area (Å²) in [7, 11) is 0. The Morgan fingerprint density at radius 3 is 2.26 bits per heavy atom. The van der Waals surface area contributed by atoms with Crippen molar-refractivity contribution in [3.63, 3.8) is 0 Å². The number of hydrogen-bond acceptors (Lipinski definition) is 5. The van der Waals surface area contributed by atoms with Gasteiger partial charge in [0.15, 0.2) is 5.82 Å². The van der Waals surface area contributed by atoms with Crippen molar-refractivity contribution in [2.45, 2.75) is 39.2 Å². The number of halogens is 2. The van der Waals surface area contributed by atoms with E-state index < -0.39 is 0 Å². The number of hydrogen-bond donors (Lipinski definition) is 1. The number of rotatable bonds is 2. The summed E-state index contributed by atoms with van der Waals surface area (Å²) in [6, 6.07) is 0.209. The standard InChI is InChI=1S/C12H22N4O.2ClH/c1-9(16-7-5-13-6-8-16)10-14-11(15-17-10)12(2,3)4;;/h9,13H,5-8H2,1-4H3;2*1H. The Morgan fingerprint density at radius 1 is 1.21 bits per heavy atom. The van der Waals surface area contributed by atoms with Gasteiger partial charge in [-0.1, -0.05) is 25.9 Å². The molecule has 1 N–H and O–H groups in total. The number of aromatic nitrogens is 2. The third-order valence-corrected chi connectivity index (χ3v) is 3.17. The Bertz CT molecular complexity index is 372. The van der Waals surface area contributed by atoms with Crippen molar-refractivity contribution in [1.82, 2.24) is 20.4 Å². The lowest BCUT2D eigenvalue weighted by molar-refractivity contribution is 0.154. The zero-order valence-corrected chi connectivity index (χ0v) is 13.6. The van der Waals surface area contributed by atoms with Crippen LogP contribution < -0.4 is 5.32 Å².